The molecule has 1 aromatic rings. The highest BCUT2D eigenvalue weighted by atomic mass is 16.1. The summed E-state index contributed by atoms with van der Waals surface area (Å²) >= 11 is 0. The molecular weight excluding hydrogens is 250 g/mol. The van der Waals surface area contributed by atoms with Crippen LogP contribution in [0.1, 0.15) is 50.5 Å². The number of aromatic nitrogens is 2. The molecule has 1 aromatic heterocycles. The van der Waals surface area contributed by atoms with E-state index in [4.69, 9.17) is 0 Å². The van der Waals surface area contributed by atoms with Gasteiger partial charge < -0.3 is 5.32 Å². The fourth-order valence-electron chi connectivity index (χ4n) is 3.79. The van der Waals surface area contributed by atoms with Crippen molar-refractivity contribution in [2.24, 2.45) is 13.0 Å². The number of fused-ring (bicyclic) bond motifs is 1. The maximum Gasteiger partial charge on any atom is 0.150 e. The van der Waals surface area contributed by atoms with Gasteiger partial charge in [0.05, 0.1) is 12.2 Å². The number of hydrogen-bond donors (Lipinski definition) is 1. The summed E-state index contributed by atoms with van der Waals surface area (Å²) in [5, 5.41) is 7.78. The van der Waals surface area contributed by atoms with E-state index in [1.54, 1.807) is 4.68 Å². The second kappa shape index (κ2) is 6.08. The molecule has 2 heterocycles. The Morgan fingerprint density at radius 2 is 2.20 bits per heavy atom. The first-order chi connectivity index (χ1) is 9.72. The lowest BCUT2D eigenvalue weighted by Gasteiger charge is -2.40. The van der Waals surface area contributed by atoms with Crippen molar-refractivity contribution in [2.75, 3.05) is 0 Å². The summed E-state index contributed by atoms with van der Waals surface area (Å²) in [6.45, 7) is 0. The van der Waals surface area contributed by atoms with E-state index in [0.29, 0.717) is 18.2 Å². The summed E-state index contributed by atoms with van der Waals surface area (Å²) in [5.74, 6) is 1.21. The first-order valence-corrected chi connectivity index (χ1v) is 7.98. The molecule has 3 rings (SSSR count). The zero-order valence-electron chi connectivity index (χ0n) is 12.3. The Morgan fingerprint density at radius 1 is 1.35 bits per heavy atom. The molecule has 2 fully saturated rings. The first-order valence-electron chi connectivity index (χ1n) is 7.98. The van der Waals surface area contributed by atoms with Gasteiger partial charge in [-0.05, 0) is 43.6 Å². The topological polar surface area (TPSA) is 46.9 Å². The highest BCUT2D eigenvalue weighted by Crippen LogP contribution is 2.32. The third-order valence-corrected chi connectivity index (χ3v) is 4.96. The van der Waals surface area contributed by atoms with E-state index in [1.807, 2.05) is 19.4 Å². The molecule has 4 nitrogen and oxygen atoms in total. The molecule has 1 saturated heterocycles. The Morgan fingerprint density at radius 3 is 3.00 bits per heavy atom. The summed E-state index contributed by atoms with van der Waals surface area (Å²) in [4.78, 5) is 12.4. The lowest BCUT2D eigenvalue weighted by atomic mass is 9.77. The molecule has 0 radical (unpaired) electrons. The Kier molecular flexibility index (Phi) is 4.20. The Hall–Kier alpha value is -1.16. The minimum absolute atomic E-state index is 0.103. The van der Waals surface area contributed by atoms with E-state index in [0.717, 1.165) is 24.3 Å². The van der Waals surface area contributed by atoms with Crippen LogP contribution in [-0.2, 0) is 18.3 Å². The number of nitrogens with zero attached hydrogens (tertiary/aromatic N) is 2. The molecule has 3 unspecified atom stereocenters. The molecule has 0 spiro atoms. The van der Waals surface area contributed by atoms with E-state index in [-0.39, 0.29) is 6.04 Å². The molecule has 3 atom stereocenters. The Labute approximate surface area is 120 Å². The van der Waals surface area contributed by atoms with E-state index in [9.17, 15) is 4.79 Å². The van der Waals surface area contributed by atoms with Crippen molar-refractivity contribution in [1.29, 1.82) is 0 Å². The summed E-state index contributed by atoms with van der Waals surface area (Å²) < 4.78 is 1.80. The molecule has 0 aromatic carbocycles. The largest absolute Gasteiger partial charge is 0.304 e. The maximum atomic E-state index is 12.4. The van der Waals surface area contributed by atoms with Crippen molar-refractivity contribution in [3.8, 4) is 0 Å². The van der Waals surface area contributed by atoms with Crippen molar-refractivity contribution in [3.63, 3.8) is 0 Å². The molecule has 1 saturated carbocycles. The van der Waals surface area contributed by atoms with Crippen LogP contribution in [0, 0.1) is 5.92 Å². The van der Waals surface area contributed by atoms with Crippen LogP contribution >= 0.6 is 0 Å². The minimum atomic E-state index is 0.103. The van der Waals surface area contributed by atoms with Gasteiger partial charge in [-0.2, -0.15) is 5.10 Å². The summed E-state index contributed by atoms with van der Waals surface area (Å²) in [6, 6.07) is 0.705. The zero-order chi connectivity index (χ0) is 13.9. The molecule has 1 aliphatic heterocycles. The van der Waals surface area contributed by atoms with Gasteiger partial charge in [-0.15, -0.1) is 0 Å². The molecule has 1 aliphatic carbocycles. The second-order valence-electron chi connectivity index (χ2n) is 6.44. The van der Waals surface area contributed by atoms with Crippen molar-refractivity contribution in [2.45, 2.75) is 63.5 Å². The average molecular weight is 275 g/mol. The molecular formula is C16H25N3O. The van der Waals surface area contributed by atoms with Crippen LogP contribution in [0.2, 0.25) is 0 Å². The van der Waals surface area contributed by atoms with Gasteiger partial charge >= 0.3 is 0 Å². The van der Waals surface area contributed by atoms with Crippen LogP contribution < -0.4 is 5.32 Å². The maximum absolute atomic E-state index is 12.4. The minimum Gasteiger partial charge on any atom is -0.304 e. The molecule has 110 valence electrons. The van der Waals surface area contributed by atoms with Crippen LogP contribution in [0.5, 0.6) is 0 Å². The summed E-state index contributed by atoms with van der Waals surface area (Å²) in [6.07, 6.45) is 12.9. The highest BCUT2D eigenvalue weighted by molar-refractivity contribution is 5.84. The normalized spacial score (nSPS) is 29.9. The number of hydrogen-bond acceptors (Lipinski definition) is 3. The monoisotopic (exact) mass is 275 g/mol. The van der Waals surface area contributed by atoms with Gasteiger partial charge in [-0.25, -0.2) is 0 Å². The third-order valence-electron chi connectivity index (χ3n) is 4.96. The fourth-order valence-corrected chi connectivity index (χ4v) is 3.79. The number of carbonyl (C=O) groups excluding carboxylic acids is 1. The molecule has 20 heavy (non-hydrogen) atoms. The molecule has 2 aliphatic rings. The van der Waals surface area contributed by atoms with E-state index < -0.39 is 0 Å². The molecule has 0 bridgehead atoms. The summed E-state index contributed by atoms with van der Waals surface area (Å²) in [5.41, 5.74) is 1.16. The number of aryl methyl sites for hydroxylation is 2. The number of nitrogens with one attached hydrogen (secondary N) is 1. The molecule has 1 N–H and O–H groups in total. The SMILES string of the molecule is Cn1cc(CCC(=O)C2CCC3CCCCC3N2)cn1. The van der Waals surface area contributed by atoms with Gasteiger partial charge in [-0.1, -0.05) is 12.8 Å². The molecule has 0 amide bonds. The second-order valence-corrected chi connectivity index (χ2v) is 6.44. The van der Waals surface area contributed by atoms with Crippen molar-refractivity contribution >= 4 is 5.78 Å². The molecule has 4 heteroatoms. The van der Waals surface area contributed by atoms with Crippen LogP contribution in [0.25, 0.3) is 0 Å². The van der Waals surface area contributed by atoms with Crippen LogP contribution in [0.4, 0.5) is 0 Å². The number of Topliss-reactive ketones (excluding diaryl/α,β-unsaturated/α-hetero) is 1. The quantitative estimate of drug-likeness (QED) is 0.916. The summed E-state index contributed by atoms with van der Waals surface area (Å²) in [7, 11) is 1.91. The van der Waals surface area contributed by atoms with Crippen LogP contribution in [0.15, 0.2) is 12.4 Å². The smallest absolute Gasteiger partial charge is 0.150 e. The van der Waals surface area contributed by atoms with Gasteiger partial charge in [0, 0.05) is 25.7 Å². The van der Waals surface area contributed by atoms with Gasteiger partial charge in [-0.3, -0.25) is 9.48 Å². The van der Waals surface area contributed by atoms with Gasteiger partial charge in [0.2, 0.25) is 0 Å². The van der Waals surface area contributed by atoms with Gasteiger partial charge in [0.1, 0.15) is 5.78 Å². The van der Waals surface area contributed by atoms with E-state index >= 15 is 0 Å². The van der Waals surface area contributed by atoms with Crippen LogP contribution in [-0.4, -0.2) is 27.6 Å². The van der Waals surface area contributed by atoms with Gasteiger partial charge in [0.15, 0.2) is 0 Å². The number of piperidine rings is 1. The standard InChI is InChI=1S/C16H25N3O/c1-19-11-12(10-17-19)6-9-16(20)15-8-7-13-4-2-3-5-14(13)18-15/h10-11,13-15,18H,2-9H2,1H3. The van der Waals surface area contributed by atoms with Crippen molar-refractivity contribution < 1.29 is 4.79 Å². The van der Waals surface area contributed by atoms with Gasteiger partial charge in [0.25, 0.3) is 0 Å². The predicted molar refractivity (Wildman–Crippen MR) is 78.4 cm³/mol. The Balaban J connectivity index is 1.50. The number of rotatable bonds is 4. The van der Waals surface area contributed by atoms with E-state index in [1.165, 1.54) is 32.1 Å². The van der Waals surface area contributed by atoms with Crippen molar-refractivity contribution in [3.05, 3.63) is 18.0 Å². The lowest BCUT2D eigenvalue weighted by molar-refractivity contribution is -0.122. The highest BCUT2D eigenvalue weighted by Gasteiger charge is 2.33. The lowest BCUT2D eigenvalue weighted by Crippen LogP contribution is -2.52. The Bertz CT molecular complexity index is 468. The zero-order valence-corrected chi connectivity index (χ0v) is 12.3. The third kappa shape index (κ3) is 3.11. The number of carbonyl (C=O) groups is 1. The number of ketones is 1. The fraction of sp³-hybridized carbons (Fsp3) is 0.750. The van der Waals surface area contributed by atoms with Crippen molar-refractivity contribution in [1.82, 2.24) is 15.1 Å². The predicted octanol–water partition coefficient (Wildman–Crippen LogP) is 2.23. The first kappa shape index (κ1) is 13.8. The van der Waals surface area contributed by atoms with Crippen LogP contribution in [0.3, 0.4) is 0 Å². The average Bonchev–Trinajstić information content (AvgIpc) is 2.90. The van der Waals surface area contributed by atoms with E-state index in [2.05, 4.69) is 10.4 Å².